The monoisotopic (exact) mass is 266 g/mol. The lowest BCUT2D eigenvalue weighted by atomic mass is 10.0. The van der Waals surface area contributed by atoms with E-state index in [-0.39, 0.29) is 5.91 Å². The van der Waals surface area contributed by atoms with Gasteiger partial charge in [-0.3, -0.25) is 4.79 Å². The maximum Gasteiger partial charge on any atom is 0.253 e. The van der Waals surface area contributed by atoms with E-state index >= 15 is 0 Å². The molecule has 1 aliphatic heterocycles. The number of benzene rings is 1. The number of nitrogens with one attached hydrogen (secondary N) is 1. The second-order valence-corrected chi connectivity index (χ2v) is 5.28. The lowest BCUT2D eigenvalue weighted by molar-refractivity contribution is 0.0775. The predicted octanol–water partition coefficient (Wildman–Crippen LogP) is 2.55. The summed E-state index contributed by atoms with van der Waals surface area (Å²) in [5, 5.41) is 4.11. The van der Waals surface area contributed by atoms with Crippen LogP contribution in [0.25, 0.3) is 0 Å². The average Bonchev–Trinajstić information content (AvgIpc) is 2.40. The van der Waals surface area contributed by atoms with Gasteiger partial charge in [0.2, 0.25) is 0 Å². The first kappa shape index (κ1) is 13.4. The Kier molecular flexibility index (Phi) is 4.61. The molecule has 3 nitrogen and oxygen atoms in total. The molecule has 1 fully saturated rings. The Morgan fingerprint density at radius 1 is 1.39 bits per heavy atom. The highest BCUT2D eigenvalue weighted by molar-refractivity contribution is 6.30. The van der Waals surface area contributed by atoms with Gasteiger partial charge >= 0.3 is 0 Å². The van der Waals surface area contributed by atoms with Gasteiger partial charge in [0.15, 0.2) is 0 Å². The number of likely N-dealkylation sites (N-methyl/N-ethyl adjacent to an activating group) is 1. The Labute approximate surface area is 113 Å². The number of halogens is 1. The molecule has 1 aromatic carbocycles. The molecule has 1 amide bonds. The topological polar surface area (TPSA) is 32.3 Å². The maximum absolute atomic E-state index is 12.2. The van der Waals surface area contributed by atoms with E-state index < -0.39 is 0 Å². The molecule has 1 atom stereocenters. The molecule has 4 heteroatoms. The minimum Gasteiger partial charge on any atom is -0.340 e. The Morgan fingerprint density at radius 3 is 2.72 bits per heavy atom. The number of rotatable bonds is 3. The molecule has 1 N–H and O–H groups in total. The number of hydrogen-bond donors (Lipinski definition) is 1. The lowest BCUT2D eigenvalue weighted by Gasteiger charge is -2.28. The summed E-state index contributed by atoms with van der Waals surface area (Å²) < 4.78 is 0. The quantitative estimate of drug-likeness (QED) is 0.912. The molecule has 0 spiro atoms. The van der Waals surface area contributed by atoms with E-state index in [0.717, 1.165) is 19.5 Å². The number of nitrogens with zero attached hydrogens (tertiary/aromatic N) is 1. The molecule has 1 heterocycles. The van der Waals surface area contributed by atoms with Crippen LogP contribution in [0.5, 0.6) is 0 Å². The van der Waals surface area contributed by atoms with Crippen molar-refractivity contribution in [1.29, 1.82) is 0 Å². The van der Waals surface area contributed by atoms with Gasteiger partial charge in [-0.15, -0.1) is 0 Å². The first-order valence-electron chi connectivity index (χ1n) is 6.41. The highest BCUT2D eigenvalue weighted by Gasteiger charge is 2.18. The number of piperidine rings is 1. The molecule has 0 bridgehead atoms. The molecule has 1 aliphatic rings. The number of carbonyl (C=O) groups excluding carboxylic acids is 1. The van der Waals surface area contributed by atoms with E-state index in [0.29, 0.717) is 16.6 Å². The van der Waals surface area contributed by atoms with Gasteiger partial charge in [0.25, 0.3) is 5.91 Å². The molecule has 1 saturated heterocycles. The van der Waals surface area contributed by atoms with Gasteiger partial charge in [0.05, 0.1) is 0 Å². The van der Waals surface area contributed by atoms with Crippen molar-refractivity contribution in [1.82, 2.24) is 10.2 Å². The van der Waals surface area contributed by atoms with Crippen molar-refractivity contribution in [3.63, 3.8) is 0 Å². The van der Waals surface area contributed by atoms with Crippen LogP contribution in [0.4, 0.5) is 0 Å². The fourth-order valence-electron chi connectivity index (χ4n) is 2.31. The molecule has 1 aromatic rings. The Balaban J connectivity index is 1.93. The summed E-state index contributed by atoms with van der Waals surface area (Å²) in [7, 11) is 1.85. The van der Waals surface area contributed by atoms with Gasteiger partial charge in [-0.2, -0.15) is 0 Å². The fraction of sp³-hybridized carbons (Fsp3) is 0.500. The van der Waals surface area contributed by atoms with Gasteiger partial charge < -0.3 is 10.2 Å². The Morgan fingerprint density at radius 2 is 2.11 bits per heavy atom. The van der Waals surface area contributed by atoms with E-state index in [1.54, 1.807) is 29.2 Å². The van der Waals surface area contributed by atoms with Crippen LogP contribution < -0.4 is 5.32 Å². The molecule has 98 valence electrons. The van der Waals surface area contributed by atoms with Crippen molar-refractivity contribution in [2.24, 2.45) is 0 Å². The first-order valence-corrected chi connectivity index (χ1v) is 6.79. The second kappa shape index (κ2) is 6.21. The molecule has 0 radical (unpaired) electrons. The Bertz CT molecular complexity index is 399. The molecule has 18 heavy (non-hydrogen) atoms. The minimum atomic E-state index is 0.0547. The van der Waals surface area contributed by atoms with Crippen LogP contribution in [-0.2, 0) is 0 Å². The van der Waals surface area contributed by atoms with Crippen LogP contribution in [0.3, 0.4) is 0 Å². The highest BCUT2D eigenvalue weighted by atomic mass is 35.5. The molecule has 0 aliphatic carbocycles. The predicted molar refractivity (Wildman–Crippen MR) is 74.1 cm³/mol. The fourth-order valence-corrected chi connectivity index (χ4v) is 2.43. The van der Waals surface area contributed by atoms with E-state index in [1.165, 1.54) is 12.8 Å². The third-order valence-corrected chi connectivity index (χ3v) is 3.60. The second-order valence-electron chi connectivity index (χ2n) is 4.84. The normalized spacial score (nSPS) is 19.6. The minimum absolute atomic E-state index is 0.0547. The zero-order chi connectivity index (χ0) is 13.0. The van der Waals surface area contributed by atoms with Gasteiger partial charge in [-0.1, -0.05) is 18.0 Å². The van der Waals surface area contributed by atoms with Gasteiger partial charge in [-0.25, -0.2) is 0 Å². The van der Waals surface area contributed by atoms with Gasteiger partial charge in [0, 0.05) is 30.2 Å². The van der Waals surface area contributed by atoms with Gasteiger partial charge in [0.1, 0.15) is 0 Å². The number of amides is 1. The van der Waals surface area contributed by atoms with Crippen molar-refractivity contribution < 1.29 is 4.79 Å². The van der Waals surface area contributed by atoms with Crippen LogP contribution in [-0.4, -0.2) is 37.0 Å². The van der Waals surface area contributed by atoms with Crippen LogP contribution in [0.1, 0.15) is 29.6 Å². The van der Waals surface area contributed by atoms with Crippen LogP contribution in [0.15, 0.2) is 24.3 Å². The number of hydrogen-bond acceptors (Lipinski definition) is 2. The van der Waals surface area contributed by atoms with E-state index in [4.69, 9.17) is 11.6 Å². The third-order valence-electron chi connectivity index (χ3n) is 3.34. The lowest BCUT2D eigenvalue weighted by Crippen LogP contribution is -2.44. The van der Waals surface area contributed by atoms with Crippen LogP contribution in [0.2, 0.25) is 5.02 Å². The first-order chi connectivity index (χ1) is 8.66. The summed E-state index contributed by atoms with van der Waals surface area (Å²) in [5.41, 5.74) is 0.692. The summed E-state index contributed by atoms with van der Waals surface area (Å²) in [5.74, 6) is 0.0547. The van der Waals surface area contributed by atoms with Gasteiger partial charge in [-0.05, 0) is 43.7 Å². The average molecular weight is 267 g/mol. The third kappa shape index (κ3) is 3.47. The van der Waals surface area contributed by atoms with Crippen molar-refractivity contribution >= 4 is 17.5 Å². The summed E-state index contributed by atoms with van der Waals surface area (Å²) in [6.07, 6.45) is 3.64. The molecule has 1 unspecified atom stereocenters. The molecule has 0 saturated carbocycles. The molecular weight excluding hydrogens is 248 g/mol. The van der Waals surface area contributed by atoms with E-state index in [9.17, 15) is 4.79 Å². The zero-order valence-electron chi connectivity index (χ0n) is 10.7. The zero-order valence-corrected chi connectivity index (χ0v) is 11.4. The van der Waals surface area contributed by atoms with E-state index in [2.05, 4.69) is 5.32 Å². The summed E-state index contributed by atoms with van der Waals surface area (Å²) in [6.45, 7) is 1.83. The standard InChI is InChI=1S/C14H19ClN2O/c1-17(10-13-4-2-3-9-16-13)14(18)11-5-7-12(15)8-6-11/h5-8,13,16H,2-4,9-10H2,1H3. The molecule has 2 rings (SSSR count). The maximum atomic E-state index is 12.2. The highest BCUT2D eigenvalue weighted by Crippen LogP contribution is 2.13. The van der Waals surface area contributed by atoms with Crippen molar-refractivity contribution in [3.8, 4) is 0 Å². The van der Waals surface area contributed by atoms with Crippen LogP contribution >= 0.6 is 11.6 Å². The SMILES string of the molecule is CN(CC1CCCCN1)C(=O)c1ccc(Cl)cc1. The van der Waals surface area contributed by atoms with Crippen LogP contribution in [0, 0.1) is 0 Å². The number of carbonyl (C=O) groups is 1. The smallest absolute Gasteiger partial charge is 0.253 e. The molecular formula is C14H19ClN2O. The largest absolute Gasteiger partial charge is 0.340 e. The van der Waals surface area contributed by atoms with Crippen molar-refractivity contribution in [2.75, 3.05) is 20.1 Å². The van der Waals surface area contributed by atoms with E-state index in [1.807, 2.05) is 7.05 Å². The van der Waals surface area contributed by atoms with Crippen molar-refractivity contribution in [2.45, 2.75) is 25.3 Å². The molecule has 0 aromatic heterocycles. The summed E-state index contributed by atoms with van der Waals surface area (Å²) in [6, 6.07) is 7.48. The van der Waals surface area contributed by atoms with Crippen molar-refractivity contribution in [3.05, 3.63) is 34.9 Å². The summed E-state index contributed by atoms with van der Waals surface area (Å²) >= 11 is 5.82. The Hall–Kier alpha value is -1.06. The summed E-state index contributed by atoms with van der Waals surface area (Å²) in [4.78, 5) is 14.0.